The second-order valence-corrected chi connectivity index (χ2v) is 13.7. The maximum atomic E-state index is 13.9. The van der Waals surface area contributed by atoms with Gasteiger partial charge < -0.3 is 23.5 Å². The molecular weight excluding hydrogens is 594 g/mol. The number of fused-ring (bicyclic) bond motifs is 5. The van der Waals surface area contributed by atoms with Crippen molar-refractivity contribution < 1.29 is 18.9 Å². The van der Waals surface area contributed by atoms with Crippen LogP contribution in [0.25, 0.3) is 22.3 Å². The lowest BCUT2D eigenvalue weighted by molar-refractivity contribution is -0.109. The van der Waals surface area contributed by atoms with Crippen molar-refractivity contribution in [1.82, 2.24) is 24.5 Å². The van der Waals surface area contributed by atoms with Gasteiger partial charge in [0.25, 0.3) is 5.56 Å². The summed E-state index contributed by atoms with van der Waals surface area (Å²) in [7, 11) is 0. The van der Waals surface area contributed by atoms with Gasteiger partial charge in [-0.05, 0) is 57.2 Å². The first-order valence-corrected chi connectivity index (χ1v) is 16.8. The van der Waals surface area contributed by atoms with Crippen molar-refractivity contribution in [3.05, 3.63) is 87.7 Å². The van der Waals surface area contributed by atoms with E-state index in [2.05, 4.69) is 57.6 Å². The highest BCUT2D eigenvalue weighted by atomic mass is 16.6. The Morgan fingerprint density at radius 2 is 1.94 bits per heavy atom. The second kappa shape index (κ2) is 13.3. The van der Waals surface area contributed by atoms with Crippen LogP contribution in [0.5, 0.6) is 0 Å². The van der Waals surface area contributed by atoms with Gasteiger partial charge in [0.2, 0.25) is 0 Å². The van der Waals surface area contributed by atoms with Crippen LogP contribution in [0.4, 0.5) is 0 Å². The predicted octanol–water partition coefficient (Wildman–Crippen LogP) is 6.72. The van der Waals surface area contributed by atoms with Crippen molar-refractivity contribution >= 4 is 10.9 Å². The van der Waals surface area contributed by atoms with Crippen LogP contribution in [0.1, 0.15) is 83.2 Å². The van der Waals surface area contributed by atoms with Gasteiger partial charge in [-0.25, -0.2) is 9.67 Å². The van der Waals surface area contributed by atoms with E-state index in [-0.39, 0.29) is 30.4 Å². The van der Waals surface area contributed by atoms with Crippen LogP contribution in [-0.2, 0) is 51.0 Å². The maximum absolute atomic E-state index is 13.9. The fraction of sp³-hybridized carbons (Fsp3) is 0.514. The van der Waals surface area contributed by atoms with Crippen molar-refractivity contribution in [1.29, 1.82) is 0 Å². The minimum atomic E-state index is -1.04. The van der Waals surface area contributed by atoms with Crippen molar-refractivity contribution in [2.24, 2.45) is 11.3 Å². The number of nitrogens with zero attached hydrogens (tertiary/aromatic N) is 5. The number of benzene rings is 1. The molecule has 0 fully saturated rings. The Morgan fingerprint density at radius 3 is 2.68 bits per heavy atom. The van der Waals surface area contributed by atoms with Gasteiger partial charge in [0.05, 0.1) is 61.1 Å². The molecule has 0 saturated heterocycles. The second-order valence-electron chi connectivity index (χ2n) is 13.7. The van der Waals surface area contributed by atoms with Gasteiger partial charge in [-0.3, -0.25) is 4.79 Å². The number of aromatic nitrogens is 5. The molecule has 0 spiro atoms. The summed E-state index contributed by atoms with van der Waals surface area (Å²) >= 11 is 0. The summed E-state index contributed by atoms with van der Waals surface area (Å²) in [5, 5.41) is 9.71. The monoisotopic (exact) mass is 641 g/mol. The molecule has 0 radical (unpaired) electrons. The molecule has 0 aliphatic carbocycles. The fourth-order valence-electron chi connectivity index (χ4n) is 7.02. The number of para-hydroxylation sites is 1. The average Bonchev–Trinajstić information content (AvgIpc) is 3.66. The van der Waals surface area contributed by atoms with Gasteiger partial charge in [0.15, 0.2) is 5.60 Å². The van der Waals surface area contributed by atoms with Crippen LogP contribution in [0.3, 0.4) is 0 Å². The quantitative estimate of drug-likeness (QED) is 0.132. The third-order valence-corrected chi connectivity index (χ3v) is 9.55. The molecule has 10 nitrogen and oxygen atoms in total. The maximum Gasteiger partial charge on any atom is 0.258 e. The molecule has 1 unspecified atom stereocenters. The van der Waals surface area contributed by atoms with E-state index in [0.29, 0.717) is 55.7 Å². The zero-order chi connectivity index (χ0) is 33.3. The summed E-state index contributed by atoms with van der Waals surface area (Å²) in [5.41, 5.74) is 4.39. The molecule has 5 heterocycles. The first-order chi connectivity index (χ1) is 22.6. The molecule has 6 rings (SSSR count). The number of hydrogen-bond donors (Lipinski definition) is 0. The number of rotatable bonds is 14. The molecule has 0 bridgehead atoms. The van der Waals surface area contributed by atoms with Gasteiger partial charge >= 0.3 is 0 Å². The SMILES string of the molecule is C=C1OCc2c(cc3n(c2=O)Cc2cc4ccccc4nc2-3)[C@]1(CC)OCn1cc(COCC(CC)(COC(C)C)CC(C)C)nn1. The highest BCUT2D eigenvalue weighted by molar-refractivity contribution is 5.84. The molecule has 0 N–H and O–H groups in total. The summed E-state index contributed by atoms with van der Waals surface area (Å²) < 4.78 is 28.3. The van der Waals surface area contributed by atoms with E-state index in [0.717, 1.165) is 46.3 Å². The third-order valence-electron chi connectivity index (χ3n) is 9.55. The van der Waals surface area contributed by atoms with Crippen LogP contribution < -0.4 is 5.56 Å². The molecule has 3 aromatic heterocycles. The molecule has 2 atom stereocenters. The molecule has 10 heteroatoms. The van der Waals surface area contributed by atoms with E-state index < -0.39 is 5.60 Å². The number of pyridine rings is 2. The van der Waals surface area contributed by atoms with Crippen molar-refractivity contribution in [2.75, 3.05) is 13.2 Å². The third kappa shape index (κ3) is 6.38. The summed E-state index contributed by atoms with van der Waals surface area (Å²) in [6.07, 6.45) is 4.51. The van der Waals surface area contributed by atoms with Crippen LogP contribution in [-0.4, -0.2) is 43.9 Å². The lowest BCUT2D eigenvalue weighted by Gasteiger charge is -2.39. The van der Waals surface area contributed by atoms with Crippen LogP contribution in [0.15, 0.2) is 59.7 Å². The minimum Gasteiger partial charge on any atom is -0.490 e. The largest absolute Gasteiger partial charge is 0.490 e. The number of ether oxygens (including phenoxy) is 4. The van der Waals surface area contributed by atoms with Gasteiger partial charge in [-0.1, -0.05) is 57.7 Å². The first kappa shape index (κ1) is 33.1. The van der Waals surface area contributed by atoms with Crippen molar-refractivity contribution in [3.63, 3.8) is 0 Å². The zero-order valence-corrected chi connectivity index (χ0v) is 28.5. The van der Waals surface area contributed by atoms with Gasteiger partial charge in [0, 0.05) is 21.9 Å². The Labute approximate surface area is 276 Å². The normalized spacial score (nSPS) is 18.3. The molecule has 250 valence electrons. The predicted molar refractivity (Wildman–Crippen MR) is 180 cm³/mol. The first-order valence-electron chi connectivity index (χ1n) is 16.8. The van der Waals surface area contributed by atoms with E-state index in [9.17, 15) is 4.79 Å². The summed E-state index contributed by atoms with van der Waals surface area (Å²) in [4.78, 5) is 18.9. The summed E-state index contributed by atoms with van der Waals surface area (Å²) in [6.45, 7) is 19.3. The molecule has 47 heavy (non-hydrogen) atoms. The zero-order valence-electron chi connectivity index (χ0n) is 28.5. The topological polar surface area (TPSA) is 103 Å². The van der Waals surface area contributed by atoms with Crippen LogP contribution >= 0.6 is 0 Å². The highest BCUT2D eigenvalue weighted by Crippen LogP contribution is 2.44. The molecular formula is C37H47N5O5. The summed E-state index contributed by atoms with van der Waals surface area (Å²) in [6, 6.07) is 12.2. The number of hydrogen-bond acceptors (Lipinski definition) is 8. The Bertz CT molecular complexity index is 1830. The van der Waals surface area contributed by atoms with Gasteiger partial charge in [0.1, 0.15) is 24.8 Å². The van der Waals surface area contributed by atoms with Crippen molar-refractivity contribution in [2.45, 2.75) is 99.0 Å². The van der Waals surface area contributed by atoms with E-state index in [4.69, 9.17) is 23.9 Å². The van der Waals surface area contributed by atoms with E-state index >= 15 is 0 Å². The Morgan fingerprint density at radius 1 is 1.13 bits per heavy atom. The Hall–Kier alpha value is -3.86. The molecule has 4 aromatic rings. The lowest BCUT2D eigenvalue weighted by atomic mass is 9.79. The average molecular weight is 642 g/mol. The molecule has 2 aliphatic heterocycles. The fourth-order valence-corrected chi connectivity index (χ4v) is 7.02. The van der Waals surface area contributed by atoms with E-state index in [1.54, 1.807) is 9.25 Å². The Balaban J connectivity index is 1.20. The molecule has 0 amide bonds. The standard InChI is InChI=1S/C37H47N5O5/c1-8-36(16-24(3)4,22-46-25(5)6)21-44-19-29-18-41(40-39-29)23-47-37(9-2)26(7)45-20-30-31(37)15-33-34-28(17-42(33)35(30)43)14-27-12-10-11-13-32(27)38-34/h10-15,18,24-25H,7-9,16-17,19-23H2,1-6H3/t36?,37-/m1/s1. The smallest absolute Gasteiger partial charge is 0.258 e. The molecule has 0 saturated carbocycles. The van der Waals surface area contributed by atoms with Crippen molar-refractivity contribution in [3.8, 4) is 11.4 Å². The highest BCUT2D eigenvalue weighted by Gasteiger charge is 2.44. The van der Waals surface area contributed by atoms with Crippen LogP contribution in [0.2, 0.25) is 0 Å². The van der Waals surface area contributed by atoms with Gasteiger partial charge in [-0.2, -0.15) is 0 Å². The summed E-state index contributed by atoms with van der Waals surface area (Å²) in [5.74, 6) is 1.000. The minimum absolute atomic E-state index is 0.0538. The lowest BCUT2D eigenvalue weighted by Crippen LogP contribution is -2.41. The molecule has 1 aromatic carbocycles. The van der Waals surface area contributed by atoms with Gasteiger partial charge in [-0.15, -0.1) is 5.10 Å². The van der Waals surface area contributed by atoms with E-state index in [1.807, 2.05) is 43.5 Å². The molecule has 2 aliphatic rings. The van der Waals surface area contributed by atoms with Crippen LogP contribution in [0, 0.1) is 11.3 Å². The van der Waals surface area contributed by atoms with E-state index in [1.165, 1.54) is 0 Å². The Kier molecular flexibility index (Phi) is 9.38.